The van der Waals surface area contributed by atoms with Gasteiger partial charge in [-0.05, 0) is 93.0 Å². The number of alkyl halides is 3. The van der Waals surface area contributed by atoms with Crippen LogP contribution in [0.15, 0.2) is 47.4 Å². The molecule has 2 N–H and O–H groups in total. The molecule has 190 valence electrons. The van der Waals surface area contributed by atoms with Crippen LogP contribution in [0.2, 0.25) is 0 Å². The Bertz CT molecular complexity index is 1050. The van der Waals surface area contributed by atoms with E-state index in [0.29, 0.717) is 17.2 Å². The number of anilines is 1. The number of hydrogen-bond donors (Lipinski definition) is 2. The van der Waals surface area contributed by atoms with Crippen molar-refractivity contribution in [1.29, 1.82) is 0 Å². The molecule has 2 amide bonds. The van der Waals surface area contributed by atoms with E-state index in [2.05, 4.69) is 34.7 Å². The number of ether oxygens (including phenoxy) is 2. The lowest BCUT2D eigenvalue weighted by molar-refractivity contribution is -0.0328. The molecule has 3 atom stereocenters. The molecular weight excluding hydrogens is 479 g/mol. The number of benzene rings is 2. The third-order valence-electron chi connectivity index (χ3n) is 7.17. The zero-order chi connectivity index (χ0) is 25.2. The number of carbonyl (C=O) groups excluding carboxylic acids is 1. The number of rotatable bonds is 6. The van der Waals surface area contributed by atoms with Crippen molar-refractivity contribution in [3.63, 3.8) is 0 Å². The molecule has 1 aliphatic carbocycles. The van der Waals surface area contributed by atoms with Crippen molar-refractivity contribution in [2.75, 3.05) is 33.1 Å². The molecule has 1 saturated carbocycles. The fourth-order valence-electron chi connectivity index (χ4n) is 5.49. The minimum Gasteiger partial charge on any atom is -0.493 e. The number of likely N-dealkylation sites (tertiary alicyclic amines) is 1. The molecule has 2 fully saturated rings. The molecule has 1 heterocycles. The van der Waals surface area contributed by atoms with Gasteiger partial charge < -0.3 is 25.0 Å². The van der Waals surface area contributed by atoms with Crippen molar-refractivity contribution >= 4 is 23.5 Å². The second kappa shape index (κ2) is 10.2. The second-order valence-corrected chi connectivity index (χ2v) is 10.3. The first-order valence-electron chi connectivity index (χ1n) is 11.5. The quantitative estimate of drug-likeness (QED) is 0.494. The molecule has 2 aromatic rings. The standard InChI is InChI=1S/C25H30F3N3O3S/c1-31-13-12-24(16-4-9-20(33-2)21(14-16)34-3)11-10-18(15-22(24)31)30-23(32)29-17-5-7-19(8-6-17)35-25(26,27)28/h4-9,14,18,22H,10-13,15H2,1-3H3,(H2,29,30,32). The first-order valence-corrected chi connectivity index (χ1v) is 12.3. The highest BCUT2D eigenvalue weighted by atomic mass is 32.2. The fraction of sp³-hybridized carbons (Fsp3) is 0.480. The van der Waals surface area contributed by atoms with Crippen LogP contribution in [-0.2, 0) is 5.41 Å². The van der Waals surface area contributed by atoms with Crippen molar-refractivity contribution in [2.24, 2.45) is 0 Å². The van der Waals surface area contributed by atoms with Crippen LogP contribution in [0.1, 0.15) is 31.2 Å². The lowest BCUT2D eigenvalue weighted by atomic mass is 9.65. The van der Waals surface area contributed by atoms with Gasteiger partial charge in [-0.15, -0.1) is 0 Å². The van der Waals surface area contributed by atoms with Gasteiger partial charge in [0.15, 0.2) is 11.5 Å². The van der Waals surface area contributed by atoms with Crippen LogP contribution in [-0.4, -0.2) is 56.3 Å². The van der Waals surface area contributed by atoms with Gasteiger partial charge in [-0.3, -0.25) is 0 Å². The van der Waals surface area contributed by atoms with Crippen molar-refractivity contribution in [1.82, 2.24) is 10.2 Å². The molecule has 0 spiro atoms. The number of carbonyl (C=O) groups is 1. The lowest BCUT2D eigenvalue weighted by Crippen LogP contribution is -2.52. The van der Waals surface area contributed by atoms with Gasteiger partial charge in [-0.1, -0.05) is 6.07 Å². The van der Waals surface area contributed by atoms with Crippen molar-refractivity contribution in [3.05, 3.63) is 48.0 Å². The summed E-state index contributed by atoms with van der Waals surface area (Å²) in [6.07, 6.45) is 3.59. The van der Waals surface area contributed by atoms with Crippen molar-refractivity contribution in [2.45, 2.75) is 53.6 Å². The fourth-order valence-corrected chi connectivity index (χ4v) is 6.03. The number of methoxy groups -OCH3 is 2. The summed E-state index contributed by atoms with van der Waals surface area (Å²) in [6.45, 7) is 0.972. The highest BCUT2D eigenvalue weighted by molar-refractivity contribution is 8.00. The Hall–Kier alpha value is -2.59. The third kappa shape index (κ3) is 5.64. The summed E-state index contributed by atoms with van der Waals surface area (Å²) in [5.41, 5.74) is -2.69. The first kappa shape index (κ1) is 25.5. The van der Waals surface area contributed by atoms with Gasteiger partial charge >= 0.3 is 11.5 Å². The zero-order valence-corrected chi connectivity index (χ0v) is 20.8. The van der Waals surface area contributed by atoms with E-state index in [1.165, 1.54) is 29.8 Å². The Morgan fingerprint density at radius 3 is 2.46 bits per heavy atom. The van der Waals surface area contributed by atoms with Gasteiger partial charge in [0.25, 0.3) is 0 Å². The van der Waals surface area contributed by atoms with Crippen molar-refractivity contribution in [3.8, 4) is 11.5 Å². The Morgan fingerprint density at radius 2 is 1.80 bits per heavy atom. The number of amides is 2. The average molecular weight is 510 g/mol. The Labute approximate surface area is 207 Å². The molecule has 2 aliphatic rings. The number of urea groups is 1. The van der Waals surface area contributed by atoms with Gasteiger partial charge in [-0.2, -0.15) is 13.2 Å². The minimum atomic E-state index is -4.34. The second-order valence-electron chi connectivity index (χ2n) is 9.11. The predicted octanol–water partition coefficient (Wildman–Crippen LogP) is 5.63. The van der Waals surface area contributed by atoms with E-state index in [4.69, 9.17) is 9.47 Å². The van der Waals surface area contributed by atoms with Gasteiger partial charge in [0.2, 0.25) is 0 Å². The van der Waals surface area contributed by atoms with Gasteiger partial charge in [0.1, 0.15) is 0 Å². The van der Waals surface area contributed by atoms with E-state index in [9.17, 15) is 18.0 Å². The van der Waals surface area contributed by atoms with Gasteiger partial charge in [0, 0.05) is 28.1 Å². The highest BCUT2D eigenvalue weighted by Gasteiger charge is 2.50. The number of hydrogen-bond acceptors (Lipinski definition) is 5. The molecule has 3 unspecified atom stereocenters. The van der Waals surface area contributed by atoms with E-state index in [-0.39, 0.29) is 40.2 Å². The molecule has 0 aromatic heterocycles. The highest BCUT2D eigenvalue weighted by Crippen LogP contribution is 2.50. The maximum absolute atomic E-state index is 12.6. The first-order chi connectivity index (χ1) is 16.6. The monoisotopic (exact) mass is 509 g/mol. The average Bonchev–Trinajstić information content (AvgIpc) is 3.16. The number of nitrogens with one attached hydrogen (secondary N) is 2. The van der Waals surface area contributed by atoms with Crippen LogP contribution in [0.3, 0.4) is 0 Å². The summed E-state index contributed by atoms with van der Waals surface area (Å²) in [4.78, 5) is 15.1. The van der Waals surface area contributed by atoms with Gasteiger partial charge in [0.05, 0.1) is 14.2 Å². The molecular formula is C25H30F3N3O3S. The SMILES string of the molecule is COc1ccc(C23CCC(NC(=O)Nc4ccc(SC(F)(F)F)cc4)CC2N(C)CC3)cc1OC. The molecule has 6 nitrogen and oxygen atoms in total. The smallest absolute Gasteiger partial charge is 0.446 e. The number of halogens is 3. The zero-order valence-electron chi connectivity index (χ0n) is 19.9. The van der Waals surface area contributed by atoms with Crippen LogP contribution in [0.4, 0.5) is 23.7 Å². The van der Waals surface area contributed by atoms with E-state index in [0.717, 1.165) is 32.2 Å². The number of thioether (sulfide) groups is 1. The van der Waals surface area contributed by atoms with Crippen LogP contribution < -0.4 is 20.1 Å². The molecule has 2 aromatic carbocycles. The van der Waals surface area contributed by atoms with Crippen LogP contribution in [0, 0.1) is 0 Å². The summed E-state index contributed by atoms with van der Waals surface area (Å²) in [6, 6.07) is 11.7. The van der Waals surface area contributed by atoms with E-state index in [1.54, 1.807) is 14.2 Å². The van der Waals surface area contributed by atoms with Crippen LogP contribution >= 0.6 is 11.8 Å². The summed E-state index contributed by atoms with van der Waals surface area (Å²) < 4.78 is 48.5. The molecule has 35 heavy (non-hydrogen) atoms. The molecule has 1 saturated heterocycles. The van der Waals surface area contributed by atoms with Gasteiger partial charge in [-0.25, -0.2) is 4.79 Å². The number of likely N-dealkylation sites (N-methyl/N-ethyl adjacent to an activating group) is 1. The molecule has 4 rings (SSSR count). The lowest BCUT2D eigenvalue weighted by Gasteiger charge is -2.45. The maximum atomic E-state index is 12.6. The Morgan fingerprint density at radius 1 is 1.09 bits per heavy atom. The largest absolute Gasteiger partial charge is 0.493 e. The van der Waals surface area contributed by atoms with Crippen LogP contribution in [0.25, 0.3) is 0 Å². The Balaban J connectivity index is 1.41. The third-order valence-corrected chi connectivity index (χ3v) is 7.91. The molecule has 0 bridgehead atoms. The molecule has 1 aliphatic heterocycles. The van der Waals surface area contributed by atoms with Crippen molar-refractivity contribution < 1.29 is 27.4 Å². The summed E-state index contributed by atoms with van der Waals surface area (Å²) in [5, 5.41) is 5.79. The van der Waals surface area contributed by atoms with E-state index in [1.807, 2.05) is 6.07 Å². The topological polar surface area (TPSA) is 62.8 Å². The maximum Gasteiger partial charge on any atom is 0.446 e. The van der Waals surface area contributed by atoms with Crippen LogP contribution in [0.5, 0.6) is 11.5 Å². The molecule has 10 heteroatoms. The van der Waals surface area contributed by atoms with E-state index >= 15 is 0 Å². The summed E-state index contributed by atoms with van der Waals surface area (Å²) >= 11 is -0.180. The predicted molar refractivity (Wildman–Crippen MR) is 130 cm³/mol. The minimum absolute atomic E-state index is 0.00567. The number of fused-ring (bicyclic) bond motifs is 1. The summed E-state index contributed by atoms with van der Waals surface area (Å²) in [5.74, 6) is 1.42. The Kier molecular flexibility index (Phi) is 7.42. The number of nitrogens with zero attached hydrogens (tertiary/aromatic N) is 1. The molecule has 0 radical (unpaired) electrons. The summed E-state index contributed by atoms with van der Waals surface area (Å²) in [7, 11) is 5.38. The van der Waals surface area contributed by atoms with E-state index < -0.39 is 5.51 Å². The normalized spacial score (nSPS) is 24.5.